The van der Waals surface area contributed by atoms with E-state index < -0.39 is 5.60 Å². The molecule has 2 aromatic rings. The minimum absolute atomic E-state index is 0. The lowest BCUT2D eigenvalue weighted by atomic mass is 10.0. The monoisotopic (exact) mass is 555 g/mol. The molecule has 7 nitrogen and oxygen atoms in total. The van der Waals surface area contributed by atoms with E-state index in [1.807, 2.05) is 6.92 Å². The standard InChI is InChI=1S/C24H37N5O2.HI/c1-4-25-23(27-19-24(3,30)22-7-6-16-31-22)26-17-20-8-10-21(11-9-20)18-29-14-12-28(5-2)13-15-29;/h6-11,16,30H,4-5,12-15,17-19H2,1-3H3,(H2,25,26,27);1H. The van der Waals surface area contributed by atoms with E-state index in [-0.39, 0.29) is 24.0 Å². The number of guanidine groups is 1. The topological polar surface area (TPSA) is 76.3 Å². The number of nitrogens with one attached hydrogen (secondary N) is 2. The summed E-state index contributed by atoms with van der Waals surface area (Å²) in [6, 6.07) is 12.3. The summed E-state index contributed by atoms with van der Waals surface area (Å²) in [5, 5.41) is 17.1. The van der Waals surface area contributed by atoms with E-state index in [9.17, 15) is 5.11 Å². The molecule has 3 N–H and O–H groups in total. The number of benzene rings is 1. The summed E-state index contributed by atoms with van der Waals surface area (Å²) in [7, 11) is 0. The molecule has 1 unspecified atom stereocenters. The van der Waals surface area contributed by atoms with Crippen LogP contribution in [-0.2, 0) is 18.7 Å². The molecule has 0 aliphatic carbocycles. The van der Waals surface area contributed by atoms with Crippen LogP contribution in [0.15, 0.2) is 52.1 Å². The van der Waals surface area contributed by atoms with E-state index in [0.717, 1.165) is 51.4 Å². The fourth-order valence-corrected chi connectivity index (χ4v) is 3.71. The number of halogens is 1. The van der Waals surface area contributed by atoms with Gasteiger partial charge in [-0.05, 0) is 43.7 Å². The molecule has 1 atom stereocenters. The Hall–Kier alpha value is -1.62. The Bertz CT molecular complexity index is 800. The van der Waals surface area contributed by atoms with Gasteiger partial charge in [-0.3, -0.25) is 4.90 Å². The van der Waals surface area contributed by atoms with Gasteiger partial charge >= 0.3 is 0 Å². The highest BCUT2D eigenvalue weighted by molar-refractivity contribution is 14.0. The number of likely N-dealkylation sites (N-methyl/N-ethyl adjacent to an activating group) is 1. The van der Waals surface area contributed by atoms with Crippen LogP contribution >= 0.6 is 24.0 Å². The first-order valence-corrected chi connectivity index (χ1v) is 11.3. The van der Waals surface area contributed by atoms with Crippen molar-refractivity contribution in [1.29, 1.82) is 0 Å². The van der Waals surface area contributed by atoms with E-state index in [0.29, 0.717) is 24.8 Å². The Labute approximate surface area is 209 Å². The molecule has 1 aromatic carbocycles. The van der Waals surface area contributed by atoms with Crippen molar-refractivity contribution >= 4 is 29.9 Å². The lowest BCUT2D eigenvalue weighted by Crippen LogP contribution is -2.45. The van der Waals surface area contributed by atoms with Gasteiger partial charge in [0.15, 0.2) is 5.96 Å². The third-order valence-electron chi connectivity index (χ3n) is 5.76. The number of aliphatic imine (C=N–C) groups is 1. The van der Waals surface area contributed by atoms with Crippen LogP contribution in [-0.4, -0.2) is 66.7 Å². The zero-order chi connectivity index (χ0) is 22.1. The Balaban J connectivity index is 0.00000363. The van der Waals surface area contributed by atoms with Gasteiger partial charge < -0.3 is 25.1 Å². The van der Waals surface area contributed by atoms with Crippen molar-refractivity contribution in [3.8, 4) is 0 Å². The van der Waals surface area contributed by atoms with Crippen LogP contribution in [0.4, 0.5) is 0 Å². The highest BCUT2D eigenvalue weighted by Gasteiger charge is 2.26. The number of piperazine rings is 1. The predicted molar refractivity (Wildman–Crippen MR) is 140 cm³/mol. The highest BCUT2D eigenvalue weighted by atomic mass is 127. The molecule has 1 fully saturated rings. The van der Waals surface area contributed by atoms with E-state index in [1.165, 1.54) is 5.56 Å². The Kier molecular flexibility index (Phi) is 11.0. The Morgan fingerprint density at radius 3 is 2.28 bits per heavy atom. The van der Waals surface area contributed by atoms with Crippen molar-refractivity contribution in [2.45, 2.75) is 39.5 Å². The second-order valence-electron chi connectivity index (χ2n) is 8.33. The number of hydrogen-bond donors (Lipinski definition) is 3. The van der Waals surface area contributed by atoms with Crippen LogP contribution < -0.4 is 10.6 Å². The van der Waals surface area contributed by atoms with Crippen molar-refractivity contribution in [2.75, 3.05) is 45.8 Å². The summed E-state index contributed by atoms with van der Waals surface area (Å²) >= 11 is 0. The van der Waals surface area contributed by atoms with Crippen molar-refractivity contribution in [2.24, 2.45) is 4.99 Å². The smallest absolute Gasteiger partial charge is 0.191 e. The van der Waals surface area contributed by atoms with Crippen LogP contribution in [0, 0.1) is 0 Å². The fraction of sp³-hybridized carbons (Fsp3) is 0.542. The molecule has 0 saturated carbocycles. The van der Waals surface area contributed by atoms with Gasteiger partial charge in [-0.15, -0.1) is 24.0 Å². The molecule has 178 valence electrons. The average molecular weight is 556 g/mol. The van der Waals surface area contributed by atoms with Gasteiger partial charge in [0.1, 0.15) is 11.4 Å². The van der Waals surface area contributed by atoms with E-state index in [1.54, 1.807) is 25.3 Å². The first kappa shape index (κ1) is 26.6. The second kappa shape index (κ2) is 13.2. The number of aliphatic hydroxyl groups is 1. The van der Waals surface area contributed by atoms with Crippen molar-refractivity contribution in [1.82, 2.24) is 20.4 Å². The van der Waals surface area contributed by atoms with Gasteiger partial charge in [-0.1, -0.05) is 31.2 Å². The number of furan rings is 1. The van der Waals surface area contributed by atoms with Gasteiger partial charge in [0.25, 0.3) is 0 Å². The van der Waals surface area contributed by atoms with Crippen molar-refractivity contribution in [3.63, 3.8) is 0 Å². The number of hydrogen-bond acceptors (Lipinski definition) is 5. The summed E-state index contributed by atoms with van der Waals surface area (Å²) in [6.45, 7) is 14.4. The molecule has 2 heterocycles. The average Bonchev–Trinajstić information content (AvgIpc) is 3.33. The molecule has 1 aliphatic rings. The number of nitrogens with zero attached hydrogens (tertiary/aromatic N) is 3. The molecule has 1 saturated heterocycles. The SMILES string of the molecule is CCNC(=NCc1ccc(CN2CCN(CC)CC2)cc1)NCC(C)(O)c1ccco1.I. The molecule has 8 heteroatoms. The predicted octanol–water partition coefficient (Wildman–Crippen LogP) is 3.00. The summed E-state index contributed by atoms with van der Waals surface area (Å²) in [6.07, 6.45) is 1.57. The summed E-state index contributed by atoms with van der Waals surface area (Å²) in [5.74, 6) is 1.20. The summed E-state index contributed by atoms with van der Waals surface area (Å²) in [4.78, 5) is 9.69. The highest BCUT2D eigenvalue weighted by Crippen LogP contribution is 2.19. The molecule has 0 spiro atoms. The van der Waals surface area contributed by atoms with Crippen LogP contribution in [0.3, 0.4) is 0 Å². The Morgan fingerprint density at radius 2 is 1.69 bits per heavy atom. The van der Waals surface area contributed by atoms with Crippen LogP contribution in [0.2, 0.25) is 0 Å². The first-order valence-electron chi connectivity index (χ1n) is 11.3. The zero-order valence-electron chi connectivity index (χ0n) is 19.5. The maximum Gasteiger partial charge on any atom is 0.191 e. The molecule has 0 amide bonds. The van der Waals surface area contributed by atoms with Crippen molar-refractivity contribution < 1.29 is 9.52 Å². The molecule has 1 aromatic heterocycles. The fourth-order valence-electron chi connectivity index (χ4n) is 3.71. The van der Waals surface area contributed by atoms with Gasteiger partial charge in [-0.25, -0.2) is 4.99 Å². The molecule has 32 heavy (non-hydrogen) atoms. The third-order valence-corrected chi connectivity index (χ3v) is 5.76. The number of rotatable bonds is 9. The van der Waals surface area contributed by atoms with Crippen LogP contribution in [0.1, 0.15) is 37.7 Å². The van der Waals surface area contributed by atoms with Crippen LogP contribution in [0.5, 0.6) is 0 Å². The lowest BCUT2D eigenvalue weighted by molar-refractivity contribution is 0.0386. The van der Waals surface area contributed by atoms with E-state index >= 15 is 0 Å². The maximum atomic E-state index is 10.6. The minimum atomic E-state index is -1.11. The first-order chi connectivity index (χ1) is 15.0. The maximum absolute atomic E-state index is 10.6. The quantitative estimate of drug-likeness (QED) is 0.251. The second-order valence-corrected chi connectivity index (χ2v) is 8.33. The third kappa shape index (κ3) is 8.06. The Morgan fingerprint density at radius 1 is 1.03 bits per heavy atom. The molecule has 1 aliphatic heterocycles. The molecular formula is C24H38IN5O2. The zero-order valence-corrected chi connectivity index (χ0v) is 21.8. The van der Waals surface area contributed by atoms with Gasteiger partial charge in [0.2, 0.25) is 0 Å². The summed E-state index contributed by atoms with van der Waals surface area (Å²) in [5.41, 5.74) is 1.40. The van der Waals surface area contributed by atoms with Gasteiger partial charge in [0.05, 0.1) is 19.4 Å². The van der Waals surface area contributed by atoms with Gasteiger partial charge in [-0.2, -0.15) is 0 Å². The normalized spacial score (nSPS) is 17.4. The van der Waals surface area contributed by atoms with E-state index in [2.05, 4.69) is 56.6 Å². The van der Waals surface area contributed by atoms with Crippen molar-refractivity contribution in [3.05, 3.63) is 59.5 Å². The largest absolute Gasteiger partial charge is 0.466 e. The van der Waals surface area contributed by atoms with Crippen LogP contribution in [0.25, 0.3) is 0 Å². The van der Waals surface area contributed by atoms with E-state index in [4.69, 9.17) is 4.42 Å². The molecule has 3 rings (SSSR count). The molecule has 0 bridgehead atoms. The molecule has 0 radical (unpaired) electrons. The summed E-state index contributed by atoms with van der Waals surface area (Å²) < 4.78 is 5.34. The van der Waals surface area contributed by atoms with Gasteiger partial charge in [0, 0.05) is 39.3 Å². The minimum Gasteiger partial charge on any atom is -0.466 e. The lowest BCUT2D eigenvalue weighted by Gasteiger charge is -2.34. The molecular weight excluding hydrogens is 517 g/mol.